The van der Waals surface area contributed by atoms with E-state index in [9.17, 15) is 9.59 Å². The van der Waals surface area contributed by atoms with Crippen LogP contribution in [0.25, 0.3) is 0 Å². The maximum Gasteiger partial charge on any atom is 0.242 e. The summed E-state index contributed by atoms with van der Waals surface area (Å²) in [5, 5.41) is 0. The summed E-state index contributed by atoms with van der Waals surface area (Å²) in [7, 11) is 5.36. The van der Waals surface area contributed by atoms with Gasteiger partial charge in [0, 0.05) is 20.1 Å². The average molecular weight is 227 g/mol. The van der Waals surface area contributed by atoms with Gasteiger partial charge >= 0.3 is 0 Å². The molecular weight excluding hydrogens is 206 g/mol. The largest absolute Gasteiger partial charge is 0.341 e. The van der Waals surface area contributed by atoms with Crippen molar-refractivity contribution in [2.45, 2.75) is 12.8 Å². The molecule has 5 heteroatoms. The number of likely N-dealkylation sites (tertiary alicyclic amines) is 1. The molecule has 2 amide bonds. The van der Waals surface area contributed by atoms with Crippen LogP contribution >= 0.6 is 0 Å². The van der Waals surface area contributed by atoms with E-state index in [0.717, 1.165) is 25.9 Å². The van der Waals surface area contributed by atoms with Crippen molar-refractivity contribution in [1.82, 2.24) is 14.7 Å². The van der Waals surface area contributed by atoms with E-state index in [1.165, 1.54) is 4.90 Å². The first-order valence-electron chi connectivity index (χ1n) is 5.67. The molecule has 0 aromatic rings. The van der Waals surface area contributed by atoms with Crippen LogP contribution in [0.5, 0.6) is 0 Å². The number of hydrogen-bond acceptors (Lipinski definition) is 3. The number of carbonyl (C=O) groups excluding carboxylic acids is 2. The maximum absolute atomic E-state index is 11.8. The summed E-state index contributed by atoms with van der Waals surface area (Å²) in [5.74, 6) is 0.0460. The van der Waals surface area contributed by atoms with E-state index in [1.807, 2.05) is 19.0 Å². The predicted molar refractivity (Wildman–Crippen MR) is 62.0 cm³/mol. The Labute approximate surface area is 97.0 Å². The van der Waals surface area contributed by atoms with Crippen LogP contribution in [0.4, 0.5) is 0 Å². The lowest BCUT2D eigenvalue weighted by Crippen LogP contribution is -2.42. The zero-order valence-electron chi connectivity index (χ0n) is 10.4. The van der Waals surface area contributed by atoms with Gasteiger partial charge in [0.25, 0.3) is 0 Å². The number of carbonyl (C=O) groups is 2. The molecule has 0 bridgehead atoms. The molecule has 0 atom stereocenters. The molecule has 1 heterocycles. The van der Waals surface area contributed by atoms with Crippen LogP contribution in [0.3, 0.4) is 0 Å². The number of likely N-dealkylation sites (N-methyl/N-ethyl adjacent to an activating group) is 2. The molecule has 1 aliphatic rings. The molecule has 5 nitrogen and oxygen atoms in total. The maximum atomic E-state index is 11.8. The third-order valence-electron chi connectivity index (χ3n) is 2.71. The SMILES string of the molecule is CN(C)CC(=O)N(C)CC(=O)N1CCCC1. The Kier molecular flexibility index (Phi) is 4.73. The lowest BCUT2D eigenvalue weighted by Gasteiger charge is -2.22. The lowest BCUT2D eigenvalue weighted by molar-refractivity contribution is -0.139. The quantitative estimate of drug-likeness (QED) is 0.658. The molecule has 0 saturated carbocycles. The zero-order chi connectivity index (χ0) is 12.1. The van der Waals surface area contributed by atoms with Crippen molar-refractivity contribution in [1.29, 1.82) is 0 Å². The zero-order valence-corrected chi connectivity index (χ0v) is 10.4. The van der Waals surface area contributed by atoms with Gasteiger partial charge in [-0.3, -0.25) is 9.59 Å². The lowest BCUT2D eigenvalue weighted by atomic mass is 10.4. The van der Waals surface area contributed by atoms with Crippen molar-refractivity contribution in [3.05, 3.63) is 0 Å². The third-order valence-corrected chi connectivity index (χ3v) is 2.71. The number of rotatable bonds is 4. The number of nitrogens with zero attached hydrogens (tertiary/aromatic N) is 3. The van der Waals surface area contributed by atoms with Crippen LogP contribution in [0.15, 0.2) is 0 Å². The molecule has 1 fully saturated rings. The Bertz CT molecular complexity index is 260. The fourth-order valence-corrected chi connectivity index (χ4v) is 1.75. The molecule has 0 aliphatic carbocycles. The van der Waals surface area contributed by atoms with Crippen LogP contribution in [0, 0.1) is 0 Å². The highest BCUT2D eigenvalue weighted by Gasteiger charge is 2.20. The van der Waals surface area contributed by atoms with Crippen molar-refractivity contribution >= 4 is 11.8 Å². The van der Waals surface area contributed by atoms with Crippen molar-refractivity contribution < 1.29 is 9.59 Å². The third kappa shape index (κ3) is 3.81. The molecule has 0 N–H and O–H groups in total. The van der Waals surface area contributed by atoms with Gasteiger partial charge in [0.1, 0.15) is 0 Å². The Morgan fingerprint density at radius 2 is 1.62 bits per heavy atom. The van der Waals surface area contributed by atoms with Gasteiger partial charge in [0.2, 0.25) is 11.8 Å². The molecule has 0 aromatic carbocycles. The van der Waals surface area contributed by atoms with Crippen LogP contribution in [-0.2, 0) is 9.59 Å². The van der Waals surface area contributed by atoms with Gasteiger partial charge in [0.05, 0.1) is 13.1 Å². The highest BCUT2D eigenvalue weighted by molar-refractivity contribution is 5.85. The Morgan fingerprint density at radius 1 is 1.06 bits per heavy atom. The van der Waals surface area contributed by atoms with Crippen molar-refractivity contribution in [2.75, 3.05) is 47.3 Å². The van der Waals surface area contributed by atoms with Crippen molar-refractivity contribution in [2.24, 2.45) is 0 Å². The van der Waals surface area contributed by atoms with Crippen molar-refractivity contribution in [3.8, 4) is 0 Å². The molecule has 1 aliphatic heterocycles. The summed E-state index contributed by atoms with van der Waals surface area (Å²) < 4.78 is 0. The molecule has 0 unspecified atom stereocenters. The van der Waals surface area contributed by atoms with E-state index < -0.39 is 0 Å². The number of amides is 2. The van der Waals surface area contributed by atoms with Gasteiger partial charge < -0.3 is 14.7 Å². The van der Waals surface area contributed by atoms with Gasteiger partial charge in [-0.1, -0.05) is 0 Å². The minimum absolute atomic E-state index is 0.0162. The Balaban J connectivity index is 2.35. The van der Waals surface area contributed by atoms with Gasteiger partial charge in [-0.15, -0.1) is 0 Å². The first kappa shape index (κ1) is 13.0. The summed E-state index contributed by atoms with van der Waals surface area (Å²) in [4.78, 5) is 28.5. The van der Waals surface area contributed by atoms with E-state index in [1.54, 1.807) is 11.9 Å². The molecule has 1 saturated heterocycles. The molecule has 0 aromatic heterocycles. The van der Waals surface area contributed by atoms with Crippen LogP contribution < -0.4 is 0 Å². The highest BCUT2D eigenvalue weighted by atomic mass is 16.2. The predicted octanol–water partition coefficient (Wildman–Crippen LogP) is -0.371. The summed E-state index contributed by atoms with van der Waals surface area (Å²) in [6.45, 7) is 2.24. The molecule has 0 radical (unpaired) electrons. The normalized spacial score (nSPS) is 15.6. The molecule has 1 rings (SSSR count). The van der Waals surface area contributed by atoms with Gasteiger partial charge in [-0.25, -0.2) is 0 Å². The van der Waals surface area contributed by atoms with E-state index in [0.29, 0.717) is 6.54 Å². The molecule has 92 valence electrons. The van der Waals surface area contributed by atoms with E-state index in [-0.39, 0.29) is 18.4 Å². The van der Waals surface area contributed by atoms with Crippen LogP contribution in [0.2, 0.25) is 0 Å². The van der Waals surface area contributed by atoms with E-state index in [4.69, 9.17) is 0 Å². The summed E-state index contributed by atoms with van der Waals surface area (Å²) in [5.41, 5.74) is 0. The second kappa shape index (κ2) is 5.84. The standard InChI is InChI=1S/C11H21N3O2/c1-12(2)8-10(15)13(3)9-11(16)14-6-4-5-7-14/h4-9H2,1-3H3. The molecule has 16 heavy (non-hydrogen) atoms. The Hall–Kier alpha value is -1.10. The van der Waals surface area contributed by atoms with Gasteiger partial charge in [0.15, 0.2) is 0 Å². The summed E-state index contributed by atoms with van der Waals surface area (Å²) >= 11 is 0. The first-order valence-corrected chi connectivity index (χ1v) is 5.67. The minimum atomic E-state index is -0.0162. The highest BCUT2D eigenvalue weighted by Crippen LogP contribution is 2.07. The summed E-state index contributed by atoms with van der Waals surface area (Å²) in [6.07, 6.45) is 2.17. The molecule has 0 spiro atoms. The second-order valence-corrected chi connectivity index (χ2v) is 4.58. The Morgan fingerprint density at radius 3 is 2.12 bits per heavy atom. The average Bonchev–Trinajstić information content (AvgIpc) is 2.68. The monoisotopic (exact) mass is 227 g/mol. The number of hydrogen-bond donors (Lipinski definition) is 0. The smallest absolute Gasteiger partial charge is 0.242 e. The van der Waals surface area contributed by atoms with Gasteiger partial charge in [-0.2, -0.15) is 0 Å². The second-order valence-electron chi connectivity index (χ2n) is 4.58. The van der Waals surface area contributed by atoms with Gasteiger partial charge in [-0.05, 0) is 26.9 Å². The minimum Gasteiger partial charge on any atom is -0.341 e. The van der Waals surface area contributed by atoms with Crippen molar-refractivity contribution in [3.63, 3.8) is 0 Å². The van der Waals surface area contributed by atoms with Crippen LogP contribution in [0.1, 0.15) is 12.8 Å². The summed E-state index contributed by atoms with van der Waals surface area (Å²) in [6, 6.07) is 0. The van der Waals surface area contributed by atoms with E-state index >= 15 is 0 Å². The van der Waals surface area contributed by atoms with E-state index in [2.05, 4.69) is 0 Å². The topological polar surface area (TPSA) is 43.9 Å². The molecular formula is C11H21N3O2. The fourth-order valence-electron chi connectivity index (χ4n) is 1.75. The van der Waals surface area contributed by atoms with Crippen LogP contribution in [-0.4, -0.2) is 73.8 Å². The first-order chi connectivity index (χ1) is 7.50. The fraction of sp³-hybridized carbons (Fsp3) is 0.818.